The van der Waals surface area contributed by atoms with Crippen LogP contribution in [-0.4, -0.2) is 63.8 Å². The molecule has 7 nitrogen and oxygen atoms in total. The third-order valence-corrected chi connectivity index (χ3v) is 3.09. The minimum atomic E-state index is -1.16. The topological polar surface area (TPSA) is 116 Å². The van der Waals surface area contributed by atoms with Crippen LogP contribution in [0.3, 0.4) is 0 Å². The van der Waals surface area contributed by atoms with Crippen LogP contribution in [-0.2, 0) is 9.53 Å². The van der Waals surface area contributed by atoms with Crippen LogP contribution in [0.25, 0.3) is 0 Å². The van der Waals surface area contributed by atoms with Gasteiger partial charge in [-0.1, -0.05) is 6.08 Å². The van der Waals surface area contributed by atoms with Crippen LogP contribution in [0.5, 0.6) is 0 Å². The summed E-state index contributed by atoms with van der Waals surface area (Å²) in [4.78, 5) is 12.6. The van der Waals surface area contributed by atoms with Crippen LogP contribution in [0.15, 0.2) is 23.9 Å². The van der Waals surface area contributed by atoms with E-state index >= 15 is 0 Å². The van der Waals surface area contributed by atoms with Crippen LogP contribution < -0.4 is 5.73 Å². The Morgan fingerprint density at radius 1 is 1.50 bits per heavy atom. The van der Waals surface area contributed by atoms with Gasteiger partial charge in [-0.25, -0.2) is 0 Å². The molecule has 2 aliphatic rings. The van der Waals surface area contributed by atoms with Crippen molar-refractivity contribution in [1.82, 2.24) is 4.90 Å². The Balaban J connectivity index is 2.08. The van der Waals surface area contributed by atoms with Crippen LogP contribution in [0, 0.1) is 0 Å². The van der Waals surface area contributed by atoms with Gasteiger partial charge in [-0.05, 0) is 6.08 Å². The fourth-order valence-electron chi connectivity index (χ4n) is 2.06. The van der Waals surface area contributed by atoms with Gasteiger partial charge in [0, 0.05) is 11.8 Å². The summed E-state index contributed by atoms with van der Waals surface area (Å²) in [6.45, 7) is -0.191. The summed E-state index contributed by atoms with van der Waals surface area (Å²) in [5.41, 5.74) is 5.57. The highest BCUT2D eigenvalue weighted by Gasteiger charge is 2.44. The van der Waals surface area contributed by atoms with E-state index in [2.05, 4.69) is 0 Å². The number of aliphatic hydroxyl groups excluding tert-OH is 3. The number of allylic oxidation sites excluding steroid dienone is 2. The predicted molar refractivity (Wildman–Crippen MR) is 60.9 cm³/mol. The van der Waals surface area contributed by atoms with E-state index in [0.29, 0.717) is 5.57 Å². The molecular weight excluding hydrogens is 240 g/mol. The number of rotatable bonds is 3. The number of hydrogen-bond donors (Lipinski definition) is 4. The lowest BCUT2D eigenvalue weighted by atomic mass is 10.1. The van der Waals surface area contributed by atoms with Gasteiger partial charge in [0.15, 0.2) is 6.23 Å². The maximum Gasteiger partial charge on any atom is 0.246 e. The lowest BCUT2D eigenvalue weighted by molar-refractivity contribution is -0.115. The van der Waals surface area contributed by atoms with Crippen molar-refractivity contribution in [3.63, 3.8) is 0 Å². The first-order valence-electron chi connectivity index (χ1n) is 5.60. The standard InChI is InChI=1S/C11H16N2O5/c12-10(17)6-2-1-3-13(4-6)11-9(16)8(15)7(5-14)18-11/h1-3,7-9,11,14-16H,4-5H2,(H2,12,17)/t7-,8-,9-,11-/m1/s1. The van der Waals surface area contributed by atoms with Crippen LogP contribution in [0.4, 0.5) is 0 Å². The molecule has 0 saturated carbocycles. The summed E-state index contributed by atoms with van der Waals surface area (Å²) in [7, 11) is 0. The van der Waals surface area contributed by atoms with Crippen LogP contribution in [0.1, 0.15) is 0 Å². The number of carbonyl (C=O) groups is 1. The SMILES string of the molecule is NC(=O)C1=CC=CN([C@@H]2O[C@H](CO)[C@@H](O)[C@H]2O)C1. The molecule has 18 heavy (non-hydrogen) atoms. The molecule has 0 aromatic rings. The average molecular weight is 256 g/mol. The summed E-state index contributed by atoms with van der Waals surface area (Å²) in [5, 5.41) is 28.5. The van der Waals surface area contributed by atoms with Gasteiger partial charge in [-0.2, -0.15) is 0 Å². The first-order chi connectivity index (χ1) is 8.54. The van der Waals surface area contributed by atoms with Crippen molar-refractivity contribution in [2.24, 2.45) is 5.73 Å². The zero-order valence-electron chi connectivity index (χ0n) is 9.64. The molecule has 1 fully saturated rings. The minimum absolute atomic E-state index is 0.193. The highest BCUT2D eigenvalue weighted by molar-refractivity contribution is 5.92. The van der Waals surface area contributed by atoms with Gasteiger partial charge >= 0.3 is 0 Å². The van der Waals surface area contributed by atoms with E-state index < -0.39 is 30.4 Å². The monoisotopic (exact) mass is 256 g/mol. The number of primary amides is 1. The fourth-order valence-corrected chi connectivity index (χ4v) is 2.06. The molecule has 0 spiro atoms. The lowest BCUT2D eigenvalue weighted by Crippen LogP contribution is -2.43. The van der Waals surface area contributed by atoms with Gasteiger partial charge in [0.25, 0.3) is 0 Å². The van der Waals surface area contributed by atoms with Gasteiger partial charge in [-0.15, -0.1) is 0 Å². The van der Waals surface area contributed by atoms with Gasteiger partial charge in [0.2, 0.25) is 5.91 Å². The van der Waals surface area contributed by atoms with E-state index in [0.717, 1.165) is 0 Å². The Labute approximate surface area is 104 Å². The quantitative estimate of drug-likeness (QED) is 0.450. The summed E-state index contributed by atoms with van der Waals surface area (Å²) in [6, 6.07) is 0. The summed E-state index contributed by atoms with van der Waals surface area (Å²) in [6.07, 6.45) is 0.874. The molecule has 0 aliphatic carbocycles. The van der Waals surface area contributed by atoms with Gasteiger partial charge in [0.1, 0.15) is 18.3 Å². The molecule has 5 N–H and O–H groups in total. The molecule has 100 valence electrons. The Morgan fingerprint density at radius 3 is 2.78 bits per heavy atom. The van der Waals surface area contributed by atoms with Crippen molar-refractivity contribution in [2.45, 2.75) is 24.5 Å². The van der Waals surface area contributed by atoms with E-state index in [1.165, 1.54) is 0 Å². The number of carbonyl (C=O) groups excluding carboxylic acids is 1. The Morgan fingerprint density at radius 2 is 2.22 bits per heavy atom. The van der Waals surface area contributed by atoms with Gasteiger partial charge < -0.3 is 30.7 Å². The van der Waals surface area contributed by atoms with E-state index in [4.69, 9.17) is 15.6 Å². The largest absolute Gasteiger partial charge is 0.394 e. The van der Waals surface area contributed by atoms with Crippen molar-refractivity contribution >= 4 is 5.91 Å². The van der Waals surface area contributed by atoms with E-state index in [9.17, 15) is 15.0 Å². The summed E-state index contributed by atoms with van der Waals surface area (Å²) >= 11 is 0. The van der Waals surface area contributed by atoms with E-state index in [-0.39, 0.29) is 13.2 Å². The smallest absolute Gasteiger partial charge is 0.246 e. The maximum atomic E-state index is 11.1. The van der Waals surface area contributed by atoms with Crippen molar-refractivity contribution in [3.8, 4) is 0 Å². The minimum Gasteiger partial charge on any atom is -0.394 e. The normalized spacial score (nSPS) is 35.7. The number of hydrogen-bond acceptors (Lipinski definition) is 6. The van der Waals surface area contributed by atoms with Gasteiger partial charge in [0.05, 0.1) is 13.2 Å². The Hall–Kier alpha value is -1.41. The average Bonchev–Trinajstić information content (AvgIpc) is 2.66. The number of nitrogens with two attached hydrogens (primary N) is 1. The van der Waals surface area contributed by atoms with Gasteiger partial charge in [-0.3, -0.25) is 4.79 Å². The molecule has 2 heterocycles. The second-order valence-electron chi connectivity index (χ2n) is 4.30. The molecule has 2 rings (SSSR count). The molecular formula is C11H16N2O5. The first-order valence-corrected chi connectivity index (χ1v) is 5.60. The predicted octanol–water partition coefficient (Wildman–Crippen LogP) is -2.33. The third-order valence-electron chi connectivity index (χ3n) is 3.09. The molecule has 0 radical (unpaired) electrons. The third kappa shape index (κ3) is 2.25. The van der Waals surface area contributed by atoms with Crippen LogP contribution in [0.2, 0.25) is 0 Å². The van der Waals surface area contributed by atoms with Crippen molar-refractivity contribution in [3.05, 3.63) is 23.9 Å². The molecule has 7 heteroatoms. The van der Waals surface area contributed by atoms with Crippen LogP contribution >= 0.6 is 0 Å². The molecule has 4 atom stereocenters. The molecule has 0 aromatic carbocycles. The molecule has 0 bridgehead atoms. The Kier molecular flexibility index (Phi) is 3.67. The van der Waals surface area contributed by atoms with E-state index in [1.807, 2.05) is 0 Å². The van der Waals surface area contributed by atoms with Crippen molar-refractivity contribution in [2.75, 3.05) is 13.2 Å². The second-order valence-corrected chi connectivity index (χ2v) is 4.30. The van der Waals surface area contributed by atoms with Crippen molar-refractivity contribution in [1.29, 1.82) is 0 Å². The molecule has 0 unspecified atom stereocenters. The van der Waals surface area contributed by atoms with E-state index in [1.54, 1.807) is 23.3 Å². The zero-order valence-corrected chi connectivity index (χ0v) is 9.64. The van der Waals surface area contributed by atoms with Crippen molar-refractivity contribution < 1.29 is 24.9 Å². The summed E-state index contributed by atoms with van der Waals surface area (Å²) < 4.78 is 5.35. The molecule has 2 aliphatic heterocycles. The number of nitrogens with zero attached hydrogens (tertiary/aromatic N) is 1. The number of amides is 1. The number of aliphatic hydroxyl groups is 3. The zero-order chi connectivity index (χ0) is 13.3. The molecule has 1 saturated heterocycles. The molecule has 1 amide bonds. The summed E-state index contributed by atoms with van der Waals surface area (Å²) in [5.74, 6) is -0.545. The highest BCUT2D eigenvalue weighted by Crippen LogP contribution is 2.25. The maximum absolute atomic E-state index is 11.1. The lowest BCUT2D eigenvalue weighted by Gasteiger charge is -2.31. The highest BCUT2D eigenvalue weighted by atomic mass is 16.6. The second kappa shape index (κ2) is 5.07. The fraction of sp³-hybridized carbons (Fsp3) is 0.545. The number of ether oxygens (including phenoxy) is 1. The first kappa shape index (κ1) is 13.0. The Bertz CT molecular complexity index is 395. The molecule has 0 aromatic heterocycles.